The highest BCUT2D eigenvalue weighted by Crippen LogP contribution is 2.24. The molecule has 0 heterocycles. The van der Waals surface area contributed by atoms with Crippen molar-refractivity contribution >= 4 is 17.5 Å². The van der Waals surface area contributed by atoms with E-state index in [9.17, 15) is 4.79 Å². The van der Waals surface area contributed by atoms with Crippen LogP contribution in [-0.4, -0.2) is 25.2 Å². The molecule has 2 aromatic rings. The zero-order valence-electron chi connectivity index (χ0n) is 15.3. The molecule has 0 spiro atoms. The number of rotatable bonds is 10. The van der Waals surface area contributed by atoms with E-state index in [0.29, 0.717) is 30.3 Å². The minimum atomic E-state index is -0.541. The van der Waals surface area contributed by atoms with Crippen molar-refractivity contribution in [2.75, 3.05) is 13.2 Å². The molecule has 0 bridgehead atoms. The number of hydrogen-bond donors (Lipinski definition) is 1. The molecule has 0 radical (unpaired) electrons. The molecule has 5 heteroatoms. The van der Waals surface area contributed by atoms with E-state index in [1.165, 1.54) is 5.56 Å². The Balaban J connectivity index is 1.75. The van der Waals surface area contributed by atoms with Crippen LogP contribution in [0.4, 0.5) is 0 Å². The molecule has 140 valence electrons. The maximum Gasteiger partial charge on any atom is 0.261 e. The van der Waals surface area contributed by atoms with E-state index in [1.54, 1.807) is 12.1 Å². The lowest BCUT2D eigenvalue weighted by atomic mass is 10.1. The summed E-state index contributed by atoms with van der Waals surface area (Å²) < 4.78 is 11.2. The van der Waals surface area contributed by atoms with E-state index in [-0.39, 0.29) is 5.91 Å². The lowest BCUT2D eigenvalue weighted by Gasteiger charge is -2.18. The van der Waals surface area contributed by atoms with E-state index in [2.05, 4.69) is 17.4 Å². The number of para-hydroxylation sites is 1. The fourth-order valence-electron chi connectivity index (χ4n) is 2.55. The highest BCUT2D eigenvalue weighted by atomic mass is 35.5. The summed E-state index contributed by atoms with van der Waals surface area (Å²) in [6.07, 6.45) is 1.80. The van der Waals surface area contributed by atoms with Crippen LogP contribution < -0.4 is 14.8 Å². The predicted molar refractivity (Wildman–Crippen MR) is 105 cm³/mol. The summed E-state index contributed by atoms with van der Waals surface area (Å²) in [4.78, 5) is 12.3. The average Bonchev–Trinajstić information content (AvgIpc) is 2.66. The molecule has 0 aliphatic carbocycles. The SMILES string of the molecule is CCOc1ccc(CCCNC(=O)[C@H](CC)Oc2ccccc2Cl)cc1. The van der Waals surface area contributed by atoms with Gasteiger partial charge in [-0.15, -0.1) is 0 Å². The van der Waals surface area contributed by atoms with Gasteiger partial charge in [0.2, 0.25) is 0 Å². The van der Waals surface area contributed by atoms with Gasteiger partial charge >= 0.3 is 0 Å². The second kappa shape index (κ2) is 10.7. The number of carbonyl (C=O) groups excluding carboxylic acids is 1. The Labute approximate surface area is 160 Å². The van der Waals surface area contributed by atoms with E-state index in [4.69, 9.17) is 21.1 Å². The van der Waals surface area contributed by atoms with Gasteiger partial charge in [0, 0.05) is 6.54 Å². The van der Waals surface area contributed by atoms with E-state index >= 15 is 0 Å². The van der Waals surface area contributed by atoms with Crippen LogP contribution in [0.25, 0.3) is 0 Å². The highest BCUT2D eigenvalue weighted by Gasteiger charge is 2.18. The third kappa shape index (κ3) is 6.26. The Morgan fingerprint density at radius 1 is 1.12 bits per heavy atom. The second-order valence-corrected chi connectivity index (χ2v) is 6.32. The van der Waals surface area contributed by atoms with Crippen LogP contribution in [0.1, 0.15) is 32.3 Å². The quantitative estimate of drug-likeness (QED) is 0.615. The maximum absolute atomic E-state index is 12.3. The Bertz CT molecular complexity index is 688. The maximum atomic E-state index is 12.3. The van der Waals surface area contributed by atoms with Crippen LogP contribution in [0.5, 0.6) is 11.5 Å². The summed E-state index contributed by atoms with van der Waals surface area (Å²) in [5.74, 6) is 1.30. The largest absolute Gasteiger partial charge is 0.494 e. The summed E-state index contributed by atoms with van der Waals surface area (Å²) in [5.41, 5.74) is 1.22. The standard InChI is InChI=1S/C21H26ClNO3/c1-3-19(26-20-10-6-5-9-18(20)22)21(24)23-15-7-8-16-11-13-17(14-12-16)25-4-2/h5-6,9-14,19H,3-4,7-8,15H2,1-2H3,(H,23,24)/t19-/m0/s1. The molecular weight excluding hydrogens is 350 g/mol. The van der Waals surface area contributed by atoms with Crippen LogP contribution in [0.2, 0.25) is 5.02 Å². The number of halogens is 1. The third-order valence-corrected chi connectivity index (χ3v) is 4.26. The molecule has 4 nitrogen and oxygen atoms in total. The number of hydrogen-bond acceptors (Lipinski definition) is 3. The van der Waals surface area contributed by atoms with Gasteiger partial charge in [0.1, 0.15) is 11.5 Å². The number of benzene rings is 2. The van der Waals surface area contributed by atoms with Crippen LogP contribution in [0.15, 0.2) is 48.5 Å². The Morgan fingerprint density at radius 2 is 1.85 bits per heavy atom. The number of amides is 1. The van der Waals surface area contributed by atoms with Gasteiger partial charge in [-0.25, -0.2) is 0 Å². The van der Waals surface area contributed by atoms with Gasteiger partial charge in [-0.05, 0) is 56.0 Å². The second-order valence-electron chi connectivity index (χ2n) is 5.92. The minimum absolute atomic E-state index is 0.112. The summed E-state index contributed by atoms with van der Waals surface area (Å²) in [5, 5.41) is 3.45. The number of aryl methyl sites for hydroxylation is 1. The zero-order chi connectivity index (χ0) is 18.8. The first kappa shape index (κ1) is 20.1. The lowest BCUT2D eigenvalue weighted by Crippen LogP contribution is -2.38. The van der Waals surface area contributed by atoms with Crippen LogP contribution in [0.3, 0.4) is 0 Å². The van der Waals surface area contributed by atoms with E-state index < -0.39 is 6.10 Å². The van der Waals surface area contributed by atoms with Gasteiger partial charge in [-0.3, -0.25) is 4.79 Å². The van der Waals surface area contributed by atoms with Gasteiger partial charge in [0.05, 0.1) is 11.6 Å². The van der Waals surface area contributed by atoms with Crippen molar-refractivity contribution in [1.29, 1.82) is 0 Å². The average molecular weight is 376 g/mol. The van der Waals surface area contributed by atoms with Crippen molar-refractivity contribution in [2.24, 2.45) is 0 Å². The molecule has 1 atom stereocenters. The first-order chi connectivity index (χ1) is 12.6. The van der Waals surface area contributed by atoms with Crippen molar-refractivity contribution in [3.63, 3.8) is 0 Å². The topological polar surface area (TPSA) is 47.6 Å². The fourth-order valence-corrected chi connectivity index (χ4v) is 2.73. The summed E-state index contributed by atoms with van der Waals surface area (Å²) in [6, 6.07) is 15.2. The first-order valence-electron chi connectivity index (χ1n) is 9.04. The summed E-state index contributed by atoms with van der Waals surface area (Å²) in [7, 11) is 0. The smallest absolute Gasteiger partial charge is 0.261 e. The number of ether oxygens (including phenoxy) is 2. The Kier molecular flexibility index (Phi) is 8.29. The van der Waals surface area contributed by atoms with Gasteiger partial charge in [0.25, 0.3) is 5.91 Å². The predicted octanol–water partition coefficient (Wildman–Crippen LogP) is 4.65. The molecule has 0 aliphatic heterocycles. The minimum Gasteiger partial charge on any atom is -0.494 e. The van der Waals surface area contributed by atoms with Gasteiger partial charge < -0.3 is 14.8 Å². The molecule has 0 aliphatic rings. The molecule has 1 amide bonds. The lowest BCUT2D eigenvalue weighted by molar-refractivity contribution is -0.128. The van der Waals surface area contributed by atoms with Crippen molar-refractivity contribution in [3.8, 4) is 11.5 Å². The normalized spacial score (nSPS) is 11.7. The van der Waals surface area contributed by atoms with E-state index in [1.807, 2.05) is 38.1 Å². The van der Waals surface area contributed by atoms with Crippen LogP contribution in [0, 0.1) is 0 Å². The first-order valence-corrected chi connectivity index (χ1v) is 9.42. The third-order valence-electron chi connectivity index (χ3n) is 3.94. The molecule has 1 N–H and O–H groups in total. The highest BCUT2D eigenvalue weighted by molar-refractivity contribution is 6.32. The zero-order valence-corrected chi connectivity index (χ0v) is 16.1. The van der Waals surface area contributed by atoms with Crippen molar-refractivity contribution in [2.45, 2.75) is 39.2 Å². The van der Waals surface area contributed by atoms with E-state index in [0.717, 1.165) is 18.6 Å². The molecule has 2 rings (SSSR count). The monoisotopic (exact) mass is 375 g/mol. The molecular formula is C21H26ClNO3. The number of nitrogens with one attached hydrogen (secondary N) is 1. The summed E-state index contributed by atoms with van der Waals surface area (Å²) >= 11 is 6.09. The van der Waals surface area contributed by atoms with Gasteiger partial charge in [-0.1, -0.05) is 42.8 Å². The van der Waals surface area contributed by atoms with Crippen molar-refractivity contribution in [3.05, 3.63) is 59.1 Å². The molecule has 0 fully saturated rings. The fraction of sp³-hybridized carbons (Fsp3) is 0.381. The molecule has 0 saturated heterocycles. The molecule has 26 heavy (non-hydrogen) atoms. The molecule has 0 saturated carbocycles. The molecule has 2 aromatic carbocycles. The van der Waals surface area contributed by atoms with Crippen molar-refractivity contribution in [1.82, 2.24) is 5.32 Å². The number of carbonyl (C=O) groups is 1. The van der Waals surface area contributed by atoms with Crippen LogP contribution in [-0.2, 0) is 11.2 Å². The Hall–Kier alpha value is -2.20. The Morgan fingerprint density at radius 3 is 2.50 bits per heavy atom. The van der Waals surface area contributed by atoms with Gasteiger partial charge in [-0.2, -0.15) is 0 Å². The summed E-state index contributed by atoms with van der Waals surface area (Å²) in [6.45, 7) is 5.16. The van der Waals surface area contributed by atoms with Crippen LogP contribution >= 0.6 is 11.6 Å². The van der Waals surface area contributed by atoms with Crippen molar-refractivity contribution < 1.29 is 14.3 Å². The van der Waals surface area contributed by atoms with Gasteiger partial charge in [0.15, 0.2) is 6.10 Å². The molecule has 0 unspecified atom stereocenters. The molecule has 0 aromatic heterocycles.